The SMILES string of the molecule is CC(CS(C)=O)NC(=O)N1CSCC1C(=O)O. The molecule has 8 heteroatoms. The van der Waals surface area contributed by atoms with Crippen LogP contribution < -0.4 is 5.32 Å². The summed E-state index contributed by atoms with van der Waals surface area (Å²) in [5, 5.41) is 11.6. The number of thioether (sulfide) groups is 1. The summed E-state index contributed by atoms with van der Waals surface area (Å²) < 4.78 is 11.0. The molecule has 1 fully saturated rings. The van der Waals surface area contributed by atoms with Gasteiger partial charge in [0.05, 0.1) is 5.88 Å². The van der Waals surface area contributed by atoms with Crippen LogP contribution in [0.4, 0.5) is 4.79 Å². The Kier molecular flexibility index (Phi) is 5.26. The molecule has 3 unspecified atom stereocenters. The fourth-order valence-corrected chi connectivity index (χ4v) is 3.47. The van der Waals surface area contributed by atoms with Gasteiger partial charge >= 0.3 is 12.0 Å². The molecule has 1 rings (SSSR count). The summed E-state index contributed by atoms with van der Waals surface area (Å²) in [5.41, 5.74) is 0. The number of amides is 2. The summed E-state index contributed by atoms with van der Waals surface area (Å²) in [7, 11) is -0.986. The van der Waals surface area contributed by atoms with E-state index in [0.29, 0.717) is 17.4 Å². The predicted octanol–water partition coefficient (Wildman–Crippen LogP) is -0.0775. The van der Waals surface area contributed by atoms with Gasteiger partial charge in [-0.25, -0.2) is 9.59 Å². The van der Waals surface area contributed by atoms with Crippen LogP contribution in [0.25, 0.3) is 0 Å². The lowest BCUT2D eigenvalue weighted by atomic mass is 10.3. The summed E-state index contributed by atoms with van der Waals surface area (Å²) in [6, 6.07) is -1.40. The summed E-state index contributed by atoms with van der Waals surface area (Å²) in [6.45, 7) is 1.75. The van der Waals surface area contributed by atoms with Crippen LogP contribution in [-0.4, -0.2) is 61.9 Å². The molecule has 1 saturated heterocycles. The van der Waals surface area contributed by atoms with Crippen LogP contribution in [0.3, 0.4) is 0 Å². The van der Waals surface area contributed by atoms with Gasteiger partial charge in [0.1, 0.15) is 6.04 Å². The first-order chi connectivity index (χ1) is 7.91. The van der Waals surface area contributed by atoms with Gasteiger partial charge in [0, 0.05) is 34.6 Å². The van der Waals surface area contributed by atoms with E-state index in [1.54, 1.807) is 13.2 Å². The molecule has 0 aromatic rings. The molecule has 0 saturated carbocycles. The van der Waals surface area contributed by atoms with Crippen molar-refractivity contribution in [1.29, 1.82) is 0 Å². The summed E-state index contributed by atoms with van der Waals surface area (Å²) in [5.74, 6) is 0.170. The average Bonchev–Trinajstić information content (AvgIpc) is 2.63. The van der Waals surface area contributed by atoms with E-state index in [9.17, 15) is 13.8 Å². The van der Waals surface area contributed by atoms with E-state index >= 15 is 0 Å². The quantitative estimate of drug-likeness (QED) is 0.752. The van der Waals surface area contributed by atoms with Gasteiger partial charge in [-0.05, 0) is 6.92 Å². The molecule has 2 amide bonds. The average molecular weight is 280 g/mol. The van der Waals surface area contributed by atoms with Crippen molar-refractivity contribution in [2.45, 2.75) is 19.0 Å². The van der Waals surface area contributed by atoms with Crippen LogP contribution in [0.15, 0.2) is 0 Å². The Bertz CT molecular complexity index is 337. The number of urea groups is 1. The first kappa shape index (κ1) is 14.3. The number of aliphatic carboxylic acids is 1. The zero-order chi connectivity index (χ0) is 13.0. The van der Waals surface area contributed by atoms with Crippen LogP contribution in [0, 0.1) is 0 Å². The van der Waals surface area contributed by atoms with Crippen molar-refractivity contribution >= 4 is 34.6 Å². The third-order valence-corrected chi connectivity index (χ3v) is 4.26. The van der Waals surface area contributed by atoms with Crippen molar-refractivity contribution in [2.24, 2.45) is 0 Å². The molecule has 0 aliphatic carbocycles. The number of hydrogen-bond donors (Lipinski definition) is 2. The number of hydrogen-bond acceptors (Lipinski definition) is 4. The van der Waals surface area contributed by atoms with Crippen LogP contribution in [0.5, 0.6) is 0 Å². The molecule has 0 radical (unpaired) electrons. The first-order valence-corrected chi connectivity index (χ1v) is 7.97. The third kappa shape index (κ3) is 4.19. The number of carboxylic acid groups (broad SMARTS) is 1. The Morgan fingerprint density at radius 3 is 2.82 bits per heavy atom. The molecule has 1 aliphatic heterocycles. The Morgan fingerprint density at radius 2 is 2.29 bits per heavy atom. The molecule has 0 bridgehead atoms. The monoisotopic (exact) mass is 280 g/mol. The Morgan fingerprint density at radius 1 is 1.65 bits per heavy atom. The molecule has 2 N–H and O–H groups in total. The molecule has 0 aromatic heterocycles. The minimum absolute atomic E-state index is 0.228. The second-order valence-electron chi connectivity index (χ2n) is 3.91. The van der Waals surface area contributed by atoms with Crippen molar-refractivity contribution in [1.82, 2.24) is 10.2 Å². The van der Waals surface area contributed by atoms with Crippen LogP contribution in [0.2, 0.25) is 0 Å². The van der Waals surface area contributed by atoms with Gasteiger partial charge in [-0.1, -0.05) is 0 Å². The highest BCUT2D eigenvalue weighted by Gasteiger charge is 2.34. The highest BCUT2D eigenvalue weighted by atomic mass is 32.2. The van der Waals surface area contributed by atoms with Crippen molar-refractivity contribution in [3.63, 3.8) is 0 Å². The highest BCUT2D eigenvalue weighted by Crippen LogP contribution is 2.20. The molecule has 0 aromatic carbocycles. The molecule has 3 atom stereocenters. The Balaban J connectivity index is 2.52. The van der Waals surface area contributed by atoms with E-state index < -0.39 is 28.8 Å². The standard InChI is InChI=1S/C9H16N2O4S2/c1-6(4-17(2)15)10-9(14)11-5-16-3-7(11)8(12)13/h6-7H,3-5H2,1-2H3,(H,10,14)(H,12,13). The molecule has 6 nitrogen and oxygen atoms in total. The minimum atomic E-state index is -0.989. The number of rotatable bonds is 4. The molecular formula is C9H16N2O4S2. The van der Waals surface area contributed by atoms with Gasteiger partial charge in [-0.3, -0.25) is 4.21 Å². The number of nitrogens with one attached hydrogen (secondary N) is 1. The van der Waals surface area contributed by atoms with Crippen molar-refractivity contribution in [3.05, 3.63) is 0 Å². The van der Waals surface area contributed by atoms with Gasteiger partial charge in [0.15, 0.2) is 0 Å². The Hall–Kier alpha value is -0.760. The first-order valence-electron chi connectivity index (χ1n) is 5.09. The zero-order valence-electron chi connectivity index (χ0n) is 9.71. The Labute approximate surface area is 107 Å². The molecular weight excluding hydrogens is 264 g/mol. The lowest BCUT2D eigenvalue weighted by Crippen LogP contribution is -2.50. The van der Waals surface area contributed by atoms with E-state index in [4.69, 9.17) is 5.11 Å². The number of carbonyl (C=O) groups excluding carboxylic acids is 1. The van der Waals surface area contributed by atoms with Crippen molar-refractivity contribution in [2.75, 3.05) is 23.6 Å². The second kappa shape index (κ2) is 6.25. The predicted molar refractivity (Wildman–Crippen MR) is 67.5 cm³/mol. The molecule has 17 heavy (non-hydrogen) atoms. The van der Waals surface area contributed by atoms with Crippen molar-refractivity contribution in [3.8, 4) is 0 Å². The third-order valence-electron chi connectivity index (χ3n) is 2.28. The van der Waals surface area contributed by atoms with E-state index in [2.05, 4.69) is 5.32 Å². The van der Waals surface area contributed by atoms with E-state index in [-0.39, 0.29) is 6.04 Å². The van der Waals surface area contributed by atoms with Gasteiger partial charge in [-0.2, -0.15) is 0 Å². The summed E-state index contributed by atoms with van der Waals surface area (Å²) in [6.07, 6.45) is 1.56. The van der Waals surface area contributed by atoms with Gasteiger partial charge in [0.2, 0.25) is 0 Å². The summed E-state index contributed by atoms with van der Waals surface area (Å²) in [4.78, 5) is 24.0. The number of nitrogens with zero attached hydrogens (tertiary/aromatic N) is 1. The summed E-state index contributed by atoms with van der Waals surface area (Å²) >= 11 is 1.41. The van der Waals surface area contributed by atoms with E-state index in [1.165, 1.54) is 16.7 Å². The molecule has 1 heterocycles. The fraction of sp³-hybridized carbons (Fsp3) is 0.778. The topological polar surface area (TPSA) is 86.7 Å². The lowest BCUT2D eigenvalue weighted by molar-refractivity contribution is -0.140. The number of carboxylic acids is 1. The lowest BCUT2D eigenvalue weighted by Gasteiger charge is -2.23. The minimum Gasteiger partial charge on any atom is -0.480 e. The maximum absolute atomic E-state index is 11.8. The number of carbonyl (C=O) groups is 2. The van der Waals surface area contributed by atoms with E-state index in [0.717, 1.165) is 0 Å². The van der Waals surface area contributed by atoms with E-state index in [1.807, 2.05) is 0 Å². The van der Waals surface area contributed by atoms with Crippen LogP contribution in [0.1, 0.15) is 6.92 Å². The largest absolute Gasteiger partial charge is 0.480 e. The van der Waals surface area contributed by atoms with Crippen molar-refractivity contribution < 1.29 is 18.9 Å². The normalized spacial score (nSPS) is 23.2. The van der Waals surface area contributed by atoms with Crippen LogP contribution in [-0.2, 0) is 15.6 Å². The maximum atomic E-state index is 11.8. The van der Waals surface area contributed by atoms with Gasteiger partial charge in [-0.15, -0.1) is 11.8 Å². The smallest absolute Gasteiger partial charge is 0.327 e. The van der Waals surface area contributed by atoms with Gasteiger partial charge in [0.25, 0.3) is 0 Å². The molecule has 0 spiro atoms. The molecule has 1 aliphatic rings. The maximum Gasteiger partial charge on any atom is 0.327 e. The van der Waals surface area contributed by atoms with Crippen LogP contribution >= 0.6 is 11.8 Å². The second-order valence-corrected chi connectivity index (χ2v) is 6.39. The van der Waals surface area contributed by atoms with Gasteiger partial charge < -0.3 is 15.3 Å². The zero-order valence-corrected chi connectivity index (χ0v) is 11.3. The highest BCUT2D eigenvalue weighted by molar-refractivity contribution is 7.99. The molecule has 98 valence electrons. The fourth-order valence-electron chi connectivity index (χ4n) is 1.53.